The summed E-state index contributed by atoms with van der Waals surface area (Å²) in [5.74, 6) is 2.54. The number of nitrogens with one attached hydrogen (secondary N) is 2. The summed E-state index contributed by atoms with van der Waals surface area (Å²) in [5.41, 5.74) is 0.940. The second kappa shape index (κ2) is 10.7. The highest BCUT2D eigenvalue weighted by Gasteiger charge is 2.22. The summed E-state index contributed by atoms with van der Waals surface area (Å²) in [5, 5.41) is 8.16. The van der Waals surface area contributed by atoms with Gasteiger partial charge in [-0.3, -0.25) is 4.79 Å². The minimum Gasteiger partial charge on any atom is -0.484 e. The SMILES string of the molecule is CN(C)c1nc(N[C@H]2CC[C@@H](CNC(=O)COc3cccc(Cl)c3)CC2)nc2ccccc12. The van der Waals surface area contributed by atoms with Crippen molar-refractivity contribution in [1.82, 2.24) is 15.3 Å². The summed E-state index contributed by atoms with van der Waals surface area (Å²) in [4.78, 5) is 23.6. The topological polar surface area (TPSA) is 79.4 Å². The van der Waals surface area contributed by atoms with Crippen molar-refractivity contribution in [3.05, 3.63) is 53.6 Å². The van der Waals surface area contributed by atoms with E-state index < -0.39 is 0 Å². The Labute approximate surface area is 199 Å². The fourth-order valence-corrected chi connectivity index (χ4v) is 4.35. The lowest BCUT2D eigenvalue weighted by molar-refractivity contribution is -0.123. The van der Waals surface area contributed by atoms with E-state index in [0.29, 0.717) is 35.2 Å². The number of halogens is 1. The second-order valence-corrected chi connectivity index (χ2v) is 9.13. The molecule has 1 amide bonds. The number of benzene rings is 2. The molecule has 174 valence electrons. The van der Waals surface area contributed by atoms with Gasteiger partial charge in [-0.15, -0.1) is 0 Å². The average Bonchev–Trinajstić information content (AvgIpc) is 2.82. The van der Waals surface area contributed by atoms with Crippen molar-refractivity contribution in [2.24, 2.45) is 5.92 Å². The molecule has 33 heavy (non-hydrogen) atoms. The maximum Gasteiger partial charge on any atom is 0.257 e. The number of hydrogen-bond donors (Lipinski definition) is 2. The molecule has 8 heteroatoms. The number of anilines is 2. The molecule has 0 saturated heterocycles. The Morgan fingerprint density at radius 2 is 1.88 bits per heavy atom. The standard InChI is InChI=1S/C25H30ClN5O2/c1-31(2)24-21-8-3-4-9-22(21)29-25(30-24)28-19-12-10-17(11-13-19)15-27-23(32)16-33-20-7-5-6-18(26)14-20/h3-9,14,17,19H,10-13,15-16H2,1-2H3,(H,27,32)(H,28,29,30)/t17-,19+. The van der Waals surface area contributed by atoms with Crippen LogP contribution in [-0.4, -0.2) is 49.2 Å². The number of fused-ring (bicyclic) bond motifs is 1. The quantitative estimate of drug-likeness (QED) is 0.507. The zero-order valence-electron chi connectivity index (χ0n) is 19.1. The first-order valence-corrected chi connectivity index (χ1v) is 11.7. The van der Waals surface area contributed by atoms with Crippen molar-refractivity contribution < 1.29 is 9.53 Å². The number of carbonyl (C=O) groups excluding carboxylic acids is 1. The maximum absolute atomic E-state index is 12.1. The third-order valence-corrected chi connectivity index (χ3v) is 6.18. The molecule has 0 spiro atoms. The minimum absolute atomic E-state index is 0.00917. The molecule has 0 bridgehead atoms. The molecule has 3 aromatic rings. The summed E-state index contributed by atoms with van der Waals surface area (Å²) in [6.45, 7) is 0.659. The van der Waals surface area contributed by atoms with Gasteiger partial charge in [-0.25, -0.2) is 4.98 Å². The summed E-state index contributed by atoms with van der Waals surface area (Å²) in [6.07, 6.45) is 4.13. The summed E-state index contributed by atoms with van der Waals surface area (Å²) in [6, 6.07) is 15.5. The van der Waals surface area contributed by atoms with Gasteiger partial charge in [-0.05, 0) is 61.9 Å². The number of amides is 1. The zero-order valence-corrected chi connectivity index (χ0v) is 19.8. The van der Waals surface area contributed by atoms with Gasteiger partial charge in [0.1, 0.15) is 11.6 Å². The van der Waals surface area contributed by atoms with Crippen LogP contribution in [0.2, 0.25) is 5.02 Å². The third kappa shape index (κ3) is 6.26. The lowest BCUT2D eigenvalue weighted by Gasteiger charge is -2.29. The van der Waals surface area contributed by atoms with Gasteiger partial charge >= 0.3 is 0 Å². The van der Waals surface area contributed by atoms with Gasteiger partial charge in [0.15, 0.2) is 6.61 Å². The van der Waals surface area contributed by atoms with Crippen LogP contribution in [0.25, 0.3) is 10.9 Å². The van der Waals surface area contributed by atoms with Crippen molar-refractivity contribution in [1.29, 1.82) is 0 Å². The van der Waals surface area contributed by atoms with Crippen molar-refractivity contribution in [2.45, 2.75) is 31.7 Å². The summed E-state index contributed by atoms with van der Waals surface area (Å²) in [7, 11) is 4.00. The van der Waals surface area contributed by atoms with Crippen LogP contribution in [0.1, 0.15) is 25.7 Å². The Kier molecular flexibility index (Phi) is 7.50. The number of hydrogen-bond acceptors (Lipinski definition) is 6. The predicted octanol–water partition coefficient (Wildman–Crippen LogP) is 4.52. The molecule has 0 radical (unpaired) electrons. The van der Waals surface area contributed by atoms with Gasteiger partial charge in [0.25, 0.3) is 5.91 Å². The Morgan fingerprint density at radius 3 is 2.64 bits per heavy atom. The summed E-state index contributed by atoms with van der Waals surface area (Å²) >= 11 is 5.94. The van der Waals surface area contributed by atoms with E-state index >= 15 is 0 Å². The van der Waals surface area contributed by atoms with E-state index in [0.717, 1.165) is 42.4 Å². The van der Waals surface area contributed by atoms with Crippen LogP contribution in [0.4, 0.5) is 11.8 Å². The minimum atomic E-state index is -0.115. The number of ether oxygens (including phenoxy) is 1. The van der Waals surface area contributed by atoms with E-state index in [9.17, 15) is 4.79 Å². The first-order valence-electron chi connectivity index (χ1n) is 11.3. The van der Waals surface area contributed by atoms with Crippen LogP contribution in [0.5, 0.6) is 5.75 Å². The molecule has 2 N–H and O–H groups in total. The smallest absolute Gasteiger partial charge is 0.257 e. The number of carbonyl (C=O) groups is 1. The molecule has 1 saturated carbocycles. The van der Waals surface area contributed by atoms with Gasteiger partial charge in [-0.1, -0.05) is 29.8 Å². The number of para-hydroxylation sites is 1. The highest BCUT2D eigenvalue weighted by atomic mass is 35.5. The molecular weight excluding hydrogens is 438 g/mol. The second-order valence-electron chi connectivity index (χ2n) is 8.69. The molecule has 0 aliphatic heterocycles. The van der Waals surface area contributed by atoms with Crippen LogP contribution in [0.3, 0.4) is 0 Å². The van der Waals surface area contributed by atoms with Gasteiger partial charge in [0.05, 0.1) is 5.52 Å². The van der Waals surface area contributed by atoms with Crippen LogP contribution in [0, 0.1) is 5.92 Å². The average molecular weight is 468 g/mol. The third-order valence-electron chi connectivity index (χ3n) is 5.94. The first kappa shape index (κ1) is 23.1. The van der Waals surface area contributed by atoms with Crippen LogP contribution >= 0.6 is 11.6 Å². The fourth-order valence-electron chi connectivity index (χ4n) is 4.17. The number of rotatable bonds is 8. The highest BCUT2D eigenvalue weighted by Crippen LogP contribution is 2.28. The van der Waals surface area contributed by atoms with Gasteiger partial charge in [-0.2, -0.15) is 4.98 Å². The molecule has 1 aliphatic carbocycles. The monoisotopic (exact) mass is 467 g/mol. The molecule has 0 unspecified atom stereocenters. The summed E-state index contributed by atoms with van der Waals surface area (Å²) < 4.78 is 5.51. The van der Waals surface area contributed by atoms with Crippen LogP contribution in [-0.2, 0) is 4.79 Å². The molecule has 1 fully saturated rings. The van der Waals surface area contributed by atoms with Crippen molar-refractivity contribution in [3.8, 4) is 5.75 Å². The van der Waals surface area contributed by atoms with Gasteiger partial charge < -0.3 is 20.3 Å². The number of nitrogens with zero attached hydrogens (tertiary/aromatic N) is 3. The van der Waals surface area contributed by atoms with Crippen LogP contribution < -0.4 is 20.3 Å². The molecule has 1 aromatic heterocycles. The maximum atomic E-state index is 12.1. The van der Waals surface area contributed by atoms with Gasteiger partial charge in [0.2, 0.25) is 5.95 Å². The molecule has 1 aliphatic rings. The molecule has 1 heterocycles. The Bertz CT molecular complexity index is 1100. The number of aromatic nitrogens is 2. The van der Waals surface area contributed by atoms with E-state index in [4.69, 9.17) is 26.3 Å². The Morgan fingerprint density at radius 1 is 1.09 bits per heavy atom. The molecular formula is C25H30ClN5O2. The molecule has 7 nitrogen and oxygen atoms in total. The van der Waals surface area contributed by atoms with E-state index in [2.05, 4.69) is 10.6 Å². The molecule has 0 atom stereocenters. The normalized spacial score (nSPS) is 18.0. The van der Waals surface area contributed by atoms with Crippen molar-refractivity contribution in [3.63, 3.8) is 0 Å². The lowest BCUT2D eigenvalue weighted by atomic mass is 9.86. The molecule has 2 aromatic carbocycles. The van der Waals surface area contributed by atoms with Gasteiger partial charge in [0, 0.05) is 37.1 Å². The first-order chi connectivity index (χ1) is 16.0. The predicted molar refractivity (Wildman–Crippen MR) is 133 cm³/mol. The van der Waals surface area contributed by atoms with Crippen LogP contribution in [0.15, 0.2) is 48.5 Å². The highest BCUT2D eigenvalue weighted by molar-refractivity contribution is 6.30. The largest absolute Gasteiger partial charge is 0.484 e. The van der Waals surface area contributed by atoms with E-state index in [1.807, 2.05) is 43.3 Å². The Balaban J connectivity index is 1.23. The van der Waals surface area contributed by atoms with E-state index in [-0.39, 0.29) is 12.5 Å². The lowest BCUT2D eigenvalue weighted by Crippen LogP contribution is -2.36. The van der Waals surface area contributed by atoms with E-state index in [1.54, 1.807) is 24.3 Å². The fraction of sp³-hybridized carbons (Fsp3) is 0.400. The molecule has 4 rings (SSSR count). The Hall–Kier alpha value is -3.06. The van der Waals surface area contributed by atoms with Crippen molar-refractivity contribution >= 4 is 40.2 Å². The van der Waals surface area contributed by atoms with Crippen molar-refractivity contribution in [2.75, 3.05) is 37.5 Å². The van der Waals surface area contributed by atoms with E-state index in [1.165, 1.54) is 0 Å². The zero-order chi connectivity index (χ0) is 23.2.